The van der Waals surface area contributed by atoms with Crippen molar-refractivity contribution in [2.24, 2.45) is 0 Å². The summed E-state index contributed by atoms with van der Waals surface area (Å²) in [5.74, 6) is -1.43. The lowest BCUT2D eigenvalue weighted by Gasteiger charge is -2.13. The zero-order chi connectivity index (χ0) is 14.8. The first-order chi connectivity index (χ1) is 8.66. The predicted octanol–water partition coefficient (Wildman–Crippen LogP) is 2.59. The molecule has 1 amide bonds. The zero-order valence-electron chi connectivity index (χ0n) is 10.8. The highest BCUT2D eigenvalue weighted by Gasteiger charge is 2.21. The molecule has 0 aliphatic carbocycles. The first kappa shape index (κ1) is 15.9. The summed E-state index contributed by atoms with van der Waals surface area (Å²) in [6.07, 6.45) is 0.680. The summed E-state index contributed by atoms with van der Waals surface area (Å²) in [6, 6.07) is 1.81. The first-order valence-corrected chi connectivity index (χ1v) is 8.03. The maximum Gasteiger partial charge on any atom is 0.261 e. The summed E-state index contributed by atoms with van der Waals surface area (Å²) < 4.78 is 36.4. The predicted molar refractivity (Wildman–Crippen MR) is 71.4 cm³/mol. The molecule has 1 aromatic rings. The number of benzene rings is 1. The van der Waals surface area contributed by atoms with Crippen molar-refractivity contribution in [3.05, 3.63) is 29.1 Å². The fourth-order valence-corrected chi connectivity index (χ4v) is 2.69. The van der Waals surface area contributed by atoms with Crippen LogP contribution in [0.2, 0.25) is 0 Å². The van der Waals surface area contributed by atoms with Crippen LogP contribution in [0.1, 0.15) is 36.2 Å². The van der Waals surface area contributed by atoms with Crippen molar-refractivity contribution in [1.29, 1.82) is 0 Å². The minimum absolute atomic E-state index is 0.135. The highest BCUT2D eigenvalue weighted by Crippen LogP contribution is 2.23. The third-order valence-electron chi connectivity index (χ3n) is 2.76. The number of rotatable bonds is 4. The maximum absolute atomic E-state index is 13.7. The lowest BCUT2D eigenvalue weighted by Crippen LogP contribution is -2.32. The standard InChI is InChI=1S/C12H15ClFNO3S/c1-4-8(3)15-12(16)9-6-11(19(13,17)18)7(2)5-10(9)14/h5-6,8H,4H2,1-3H3,(H,15,16). The highest BCUT2D eigenvalue weighted by atomic mass is 35.7. The van der Waals surface area contributed by atoms with Crippen LogP contribution in [0.5, 0.6) is 0 Å². The molecule has 1 aromatic carbocycles. The van der Waals surface area contributed by atoms with Gasteiger partial charge in [0.15, 0.2) is 0 Å². The van der Waals surface area contributed by atoms with E-state index in [0.717, 1.165) is 12.1 Å². The molecule has 0 bridgehead atoms. The topological polar surface area (TPSA) is 63.2 Å². The average molecular weight is 308 g/mol. The van der Waals surface area contributed by atoms with Crippen LogP contribution >= 0.6 is 10.7 Å². The summed E-state index contributed by atoms with van der Waals surface area (Å²) in [5.41, 5.74) is -0.169. The minimum atomic E-state index is -4.01. The lowest BCUT2D eigenvalue weighted by molar-refractivity contribution is 0.0935. The van der Waals surface area contributed by atoms with Gasteiger partial charge in [-0.05, 0) is 38.0 Å². The van der Waals surface area contributed by atoms with E-state index < -0.39 is 20.8 Å². The first-order valence-electron chi connectivity index (χ1n) is 5.72. The summed E-state index contributed by atoms with van der Waals surface area (Å²) in [5, 5.41) is 2.57. The normalized spacial score (nSPS) is 13.1. The van der Waals surface area contributed by atoms with E-state index >= 15 is 0 Å². The molecule has 0 fully saturated rings. The molecular formula is C12H15ClFNO3S. The van der Waals surface area contributed by atoms with Crippen molar-refractivity contribution in [2.75, 3.05) is 0 Å². The van der Waals surface area contributed by atoms with Gasteiger partial charge in [-0.25, -0.2) is 12.8 Å². The molecule has 1 rings (SSSR count). The average Bonchev–Trinajstić information content (AvgIpc) is 2.26. The third-order valence-corrected chi connectivity index (χ3v) is 4.23. The van der Waals surface area contributed by atoms with E-state index in [-0.39, 0.29) is 22.1 Å². The van der Waals surface area contributed by atoms with Gasteiger partial charge < -0.3 is 5.32 Å². The van der Waals surface area contributed by atoms with Gasteiger partial charge in [-0.15, -0.1) is 0 Å². The molecule has 0 aromatic heterocycles. The smallest absolute Gasteiger partial charge is 0.261 e. The van der Waals surface area contributed by atoms with Crippen molar-refractivity contribution in [1.82, 2.24) is 5.32 Å². The van der Waals surface area contributed by atoms with Crippen LogP contribution in [-0.2, 0) is 9.05 Å². The molecule has 1 N–H and O–H groups in total. The van der Waals surface area contributed by atoms with Crippen molar-refractivity contribution in [3.8, 4) is 0 Å². The van der Waals surface area contributed by atoms with E-state index in [0.29, 0.717) is 6.42 Å². The second kappa shape index (κ2) is 5.88. The van der Waals surface area contributed by atoms with E-state index in [9.17, 15) is 17.6 Å². The highest BCUT2D eigenvalue weighted by molar-refractivity contribution is 8.13. The number of amides is 1. The number of aryl methyl sites for hydroxylation is 1. The number of hydrogen-bond donors (Lipinski definition) is 1. The molecule has 7 heteroatoms. The molecular weight excluding hydrogens is 293 g/mol. The van der Waals surface area contributed by atoms with Crippen LogP contribution in [0.4, 0.5) is 4.39 Å². The minimum Gasteiger partial charge on any atom is -0.350 e. The Hall–Kier alpha value is -1.14. The molecule has 0 saturated carbocycles. The van der Waals surface area contributed by atoms with Crippen LogP contribution in [0.25, 0.3) is 0 Å². The van der Waals surface area contributed by atoms with Crippen molar-refractivity contribution in [2.45, 2.75) is 38.1 Å². The van der Waals surface area contributed by atoms with E-state index in [4.69, 9.17) is 10.7 Å². The Kier molecular flexibility index (Phi) is 4.92. The summed E-state index contributed by atoms with van der Waals surface area (Å²) in [4.78, 5) is 11.6. The molecule has 0 radical (unpaired) electrons. The zero-order valence-corrected chi connectivity index (χ0v) is 12.4. The van der Waals surface area contributed by atoms with Crippen molar-refractivity contribution < 1.29 is 17.6 Å². The second-order valence-electron chi connectivity index (χ2n) is 4.32. The summed E-state index contributed by atoms with van der Waals surface area (Å²) in [6.45, 7) is 5.04. The van der Waals surface area contributed by atoms with E-state index in [1.54, 1.807) is 6.92 Å². The monoisotopic (exact) mass is 307 g/mol. The Labute approximate surface area is 116 Å². The van der Waals surface area contributed by atoms with E-state index in [1.807, 2.05) is 6.92 Å². The van der Waals surface area contributed by atoms with Gasteiger partial charge in [-0.2, -0.15) is 0 Å². The van der Waals surface area contributed by atoms with Gasteiger partial charge in [0.2, 0.25) is 0 Å². The Morgan fingerprint density at radius 1 is 1.47 bits per heavy atom. The SMILES string of the molecule is CCC(C)NC(=O)c1cc(S(=O)(=O)Cl)c(C)cc1F. The molecule has 19 heavy (non-hydrogen) atoms. The molecule has 1 atom stereocenters. The maximum atomic E-state index is 13.7. The number of nitrogens with one attached hydrogen (secondary N) is 1. The number of halogens is 2. The van der Waals surface area contributed by atoms with Crippen LogP contribution in [-0.4, -0.2) is 20.4 Å². The lowest BCUT2D eigenvalue weighted by atomic mass is 10.1. The number of carbonyl (C=O) groups excluding carboxylic acids is 1. The Bertz CT molecular complexity index is 601. The largest absolute Gasteiger partial charge is 0.350 e. The van der Waals surface area contributed by atoms with Crippen LogP contribution in [0, 0.1) is 12.7 Å². The molecule has 0 saturated heterocycles. The summed E-state index contributed by atoms with van der Waals surface area (Å²) >= 11 is 0. The van der Waals surface area contributed by atoms with Crippen molar-refractivity contribution in [3.63, 3.8) is 0 Å². The van der Waals surface area contributed by atoms with E-state index in [1.165, 1.54) is 6.92 Å². The molecule has 0 aliphatic heterocycles. The van der Waals surface area contributed by atoms with Gasteiger partial charge in [0, 0.05) is 16.7 Å². The van der Waals surface area contributed by atoms with Gasteiger partial charge in [0.1, 0.15) is 5.82 Å². The molecule has 0 aliphatic rings. The van der Waals surface area contributed by atoms with Crippen LogP contribution in [0.15, 0.2) is 17.0 Å². The summed E-state index contributed by atoms with van der Waals surface area (Å²) in [7, 11) is 1.23. The quantitative estimate of drug-likeness (QED) is 0.870. The van der Waals surface area contributed by atoms with Gasteiger partial charge in [-0.1, -0.05) is 6.92 Å². The Morgan fingerprint density at radius 3 is 2.53 bits per heavy atom. The molecule has 106 valence electrons. The Balaban J connectivity index is 3.26. The van der Waals surface area contributed by atoms with Crippen LogP contribution in [0.3, 0.4) is 0 Å². The van der Waals surface area contributed by atoms with Gasteiger partial charge in [0.05, 0.1) is 10.5 Å². The van der Waals surface area contributed by atoms with Gasteiger partial charge in [0.25, 0.3) is 15.0 Å². The fraction of sp³-hybridized carbons (Fsp3) is 0.417. The molecule has 4 nitrogen and oxygen atoms in total. The molecule has 0 spiro atoms. The number of carbonyl (C=O) groups is 1. The van der Waals surface area contributed by atoms with Crippen LogP contribution < -0.4 is 5.32 Å². The van der Waals surface area contributed by atoms with Gasteiger partial charge in [-0.3, -0.25) is 4.79 Å². The second-order valence-corrected chi connectivity index (χ2v) is 6.85. The van der Waals surface area contributed by atoms with Gasteiger partial charge >= 0.3 is 0 Å². The van der Waals surface area contributed by atoms with Crippen molar-refractivity contribution >= 4 is 25.6 Å². The third kappa shape index (κ3) is 3.91. The fourth-order valence-electron chi connectivity index (χ4n) is 1.49. The molecule has 1 unspecified atom stereocenters. The molecule has 0 heterocycles. The van der Waals surface area contributed by atoms with E-state index in [2.05, 4.69) is 5.32 Å². The Morgan fingerprint density at radius 2 is 2.05 bits per heavy atom. The number of hydrogen-bond acceptors (Lipinski definition) is 3.